The van der Waals surface area contributed by atoms with Crippen LogP contribution in [0.15, 0.2) is 28.8 Å². The maximum Gasteiger partial charge on any atom is 0.246 e. The molecule has 6 heteroatoms. The molecule has 84 valence electrons. The first-order chi connectivity index (χ1) is 7.70. The van der Waals surface area contributed by atoms with Crippen molar-refractivity contribution >= 4 is 11.6 Å². The van der Waals surface area contributed by atoms with Gasteiger partial charge >= 0.3 is 0 Å². The van der Waals surface area contributed by atoms with Gasteiger partial charge in [-0.05, 0) is 12.1 Å². The summed E-state index contributed by atoms with van der Waals surface area (Å²) in [5.74, 6) is 0.610. The molecule has 0 amide bonds. The van der Waals surface area contributed by atoms with E-state index in [4.69, 9.17) is 27.0 Å². The Bertz CT molecular complexity index is 486. The van der Waals surface area contributed by atoms with E-state index in [9.17, 15) is 0 Å². The Morgan fingerprint density at radius 1 is 1.50 bits per heavy atom. The SMILES string of the molecule is N[C@@H](CO)c1nc(-c2cccc(Cl)c2)no1. The molecule has 1 atom stereocenters. The largest absolute Gasteiger partial charge is 0.394 e. The van der Waals surface area contributed by atoms with E-state index in [1.165, 1.54) is 0 Å². The molecule has 1 aromatic carbocycles. The highest BCUT2D eigenvalue weighted by Crippen LogP contribution is 2.20. The number of nitrogens with zero attached hydrogens (tertiary/aromatic N) is 2. The molecule has 5 nitrogen and oxygen atoms in total. The van der Waals surface area contributed by atoms with Crippen molar-refractivity contribution < 1.29 is 9.63 Å². The molecule has 0 aliphatic carbocycles. The van der Waals surface area contributed by atoms with Crippen LogP contribution < -0.4 is 5.73 Å². The first-order valence-corrected chi connectivity index (χ1v) is 5.04. The number of aliphatic hydroxyl groups excluding tert-OH is 1. The Morgan fingerprint density at radius 2 is 2.31 bits per heavy atom. The highest BCUT2D eigenvalue weighted by molar-refractivity contribution is 6.30. The van der Waals surface area contributed by atoms with Crippen LogP contribution in [0.25, 0.3) is 11.4 Å². The lowest BCUT2D eigenvalue weighted by Crippen LogP contribution is -2.14. The molecule has 2 rings (SSSR count). The number of hydrogen-bond acceptors (Lipinski definition) is 5. The zero-order valence-corrected chi connectivity index (χ0v) is 9.05. The van der Waals surface area contributed by atoms with Crippen molar-refractivity contribution in [3.8, 4) is 11.4 Å². The van der Waals surface area contributed by atoms with Gasteiger partial charge in [0.05, 0.1) is 6.61 Å². The molecule has 0 fully saturated rings. The van der Waals surface area contributed by atoms with Gasteiger partial charge in [0.15, 0.2) is 0 Å². The van der Waals surface area contributed by atoms with E-state index in [2.05, 4.69) is 10.1 Å². The summed E-state index contributed by atoms with van der Waals surface area (Å²) in [5, 5.41) is 13.2. The van der Waals surface area contributed by atoms with E-state index in [-0.39, 0.29) is 12.5 Å². The van der Waals surface area contributed by atoms with Gasteiger partial charge in [-0.25, -0.2) is 0 Å². The smallest absolute Gasteiger partial charge is 0.246 e. The van der Waals surface area contributed by atoms with Crippen LogP contribution in [0.3, 0.4) is 0 Å². The number of benzene rings is 1. The Balaban J connectivity index is 2.31. The average Bonchev–Trinajstić information content (AvgIpc) is 2.77. The summed E-state index contributed by atoms with van der Waals surface area (Å²) in [7, 11) is 0. The molecule has 1 aromatic heterocycles. The summed E-state index contributed by atoms with van der Waals surface area (Å²) in [6.45, 7) is -0.239. The first kappa shape index (κ1) is 11.1. The molecule has 0 aliphatic rings. The third kappa shape index (κ3) is 2.21. The summed E-state index contributed by atoms with van der Waals surface area (Å²) in [6, 6.07) is 6.43. The third-order valence-corrected chi connectivity index (χ3v) is 2.27. The van der Waals surface area contributed by atoms with E-state index in [1.54, 1.807) is 18.2 Å². The summed E-state index contributed by atoms with van der Waals surface area (Å²) < 4.78 is 4.92. The van der Waals surface area contributed by atoms with Crippen LogP contribution >= 0.6 is 11.6 Å². The first-order valence-electron chi connectivity index (χ1n) is 4.66. The fourth-order valence-electron chi connectivity index (χ4n) is 1.21. The van der Waals surface area contributed by atoms with Crippen LogP contribution in [0.5, 0.6) is 0 Å². The predicted molar refractivity (Wildman–Crippen MR) is 58.8 cm³/mol. The van der Waals surface area contributed by atoms with E-state index < -0.39 is 6.04 Å². The molecule has 16 heavy (non-hydrogen) atoms. The zero-order valence-electron chi connectivity index (χ0n) is 8.30. The average molecular weight is 240 g/mol. The van der Waals surface area contributed by atoms with Crippen molar-refractivity contribution in [2.24, 2.45) is 5.73 Å². The monoisotopic (exact) mass is 239 g/mol. The van der Waals surface area contributed by atoms with Crippen LogP contribution in [-0.4, -0.2) is 21.9 Å². The Morgan fingerprint density at radius 3 is 3.00 bits per heavy atom. The number of nitrogens with two attached hydrogens (primary N) is 1. The molecule has 0 radical (unpaired) electrons. The van der Waals surface area contributed by atoms with Crippen molar-refractivity contribution in [3.63, 3.8) is 0 Å². The molecular weight excluding hydrogens is 230 g/mol. The van der Waals surface area contributed by atoms with Crippen LogP contribution in [0.2, 0.25) is 5.02 Å². The highest BCUT2D eigenvalue weighted by atomic mass is 35.5. The fourth-order valence-corrected chi connectivity index (χ4v) is 1.40. The van der Waals surface area contributed by atoms with Gasteiger partial charge in [0, 0.05) is 10.6 Å². The topological polar surface area (TPSA) is 85.2 Å². The Hall–Kier alpha value is -1.43. The standard InChI is InChI=1S/C10H10ClN3O2/c11-7-3-1-2-6(4-7)9-13-10(16-14-9)8(12)5-15/h1-4,8,15H,5,12H2/t8-/m0/s1. The van der Waals surface area contributed by atoms with E-state index in [0.29, 0.717) is 10.8 Å². The summed E-state index contributed by atoms with van der Waals surface area (Å²) >= 11 is 5.84. The molecule has 0 saturated heterocycles. The normalized spacial score (nSPS) is 12.7. The van der Waals surface area contributed by atoms with Gasteiger partial charge < -0.3 is 15.4 Å². The van der Waals surface area contributed by atoms with Crippen LogP contribution in [0.4, 0.5) is 0 Å². The molecule has 3 N–H and O–H groups in total. The summed E-state index contributed by atoms with van der Waals surface area (Å²) in [6.07, 6.45) is 0. The minimum absolute atomic E-state index is 0.206. The maximum atomic E-state index is 8.84. The molecule has 0 aliphatic heterocycles. The Kier molecular flexibility index (Phi) is 3.19. The summed E-state index contributed by atoms with van der Waals surface area (Å²) in [4.78, 5) is 4.07. The lowest BCUT2D eigenvalue weighted by atomic mass is 10.2. The van der Waals surface area contributed by atoms with Crippen molar-refractivity contribution in [2.75, 3.05) is 6.61 Å². The molecule has 1 heterocycles. The van der Waals surface area contributed by atoms with Crippen molar-refractivity contribution in [1.82, 2.24) is 10.1 Å². The van der Waals surface area contributed by atoms with Crippen molar-refractivity contribution in [1.29, 1.82) is 0 Å². The number of aliphatic hydroxyl groups is 1. The number of hydrogen-bond donors (Lipinski definition) is 2. The highest BCUT2D eigenvalue weighted by Gasteiger charge is 2.14. The van der Waals surface area contributed by atoms with E-state index in [0.717, 1.165) is 5.56 Å². The quantitative estimate of drug-likeness (QED) is 0.845. The second kappa shape index (κ2) is 4.61. The van der Waals surface area contributed by atoms with Gasteiger partial charge in [-0.1, -0.05) is 28.9 Å². The molecule has 0 bridgehead atoms. The third-order valence-electron chi connectivity index (χ3n) is 2.04. The van der Waals surface area contributed by atoms with Crippen LogP contribution in [0.1, 0.15) is 11.9 Å². The molecule has 0 saturated carbocycles. The zero-order chi connectivity index (χ0) is 11.5. The van der Waals surface area contributed by atoms with Gasteiger partial charge in [0.25, 0.3) is 0 Å². The van der Waals surface area contributed by atoms with Gasteiger partial charge in [0.1, 0.15) is 6.04 Å². The number of halogens is 1. The van der Waals surface area contributed by atoms with Gasteiger partial charge in [-0.3, -0.25) is 0 Å². The predicted octanol–water partition coefficient (Wildman–Crippen LogP) is 1.38. The molecule has 0 spiro atoms. The Labute approximate surface area is 96.8 Å². The molecule has 0 unspecified atom stereocenters. The molecule has 2 aromatic rings. The molecular formula is C10H10ClN3O2. The van der Waals surface area contributed by atoms with Gasteiger partial charge in [-0.15, -0.1) is 0 Å². The second-order valence-corrected chi connectivity index (χ2v) is 3.69. The minimum Gasteiger partial charge on any atom is -0.394 e. The summed E-state index contributed by atoms with van der Waals surface area (Å²) in [5.41, 5.74) is 6.29. The second-order valence-electron chi connectivity index (χ2n) is 3.26. The van der Waals surface area contributed by atoms with Crippen molar-refractivity contribution in [3.05, 3.63) is 35.2 Å². The number of rotatable bonds is 3. The minimum atomic E-state index is -0.652. The van der Waals surface area contributed by atoms with Gasteiger partial charge in [0.2, 0.25) is 11.7 Å². The van der Waals surface area contributed by atoms with Crippen LogP contribution in [-0.2, 0) is 0 Å². The maximum absolute atomic E-state index is 8.84. The lowest BCUT2D eigenvalue weighted by Gasteiger charge is -1.98. The van der Waals surface area contributed by atoms with Crippen LogP contribution in [0, 0.1) is 0 Å². The number of aromatic nitrogens is 2. The van der Waals surface area contributed by atoms with Crippen molar-refractivity contribution in [2.45, 2.75) is 6.04 Å². The van der Waals surface area contributed by atoms with E-state index in [1.807, 2.05) is 6.07 Å². The van der Waals surface area contributed by atoms with E-state index >= 15 is 0 Å². The fraction of sp³-hybridized carbons (Fsp3) is 0.200. The van der Waals surface area contributed by atoms with Gasteiger partial charge in [-0.2, -0.15) is 4.98 Å². The lowest BCUT2D eigenvalue weighted by molar-refractivity contribution is 0.237.